The van der Waals surface area contributed by atoms with Crippen LogP contribution in [0.5, 0.6) is 0 Å². The number of carboxylic acids is 1. The summed E-state index contributed by atoms with van der Waals surface area (Å²) in [7, 11) is 0. The Morgan fingerprint density at radius 3 is 2.78 bits per heavy atom. The summed E-state index contributed by atoms with van der Waals surface area (Å²) in [6.45, 7) is 4.26. The first-order valence-electron chi connectivity index (χ1n) is 6.27. The lowest BCUT2D eigenvalue weighted by atomic mass is 9.96. The zero-order chi connectivity index (χ0) is 13.7. The van der Waals surface area contributed by atoms with Gasteiger partial charge in [-0.05, 0) is 19.8 Å². The van der Waals surface area contributed by atoms with Gasteiger partial charge in [0, 0.05) is 19.5 Å². The van der Waals surface area contributed by atoms with Crippen LogP contribution in [0.3, 0.4) is 0 Å². The van der Waals surface area contributed by atoms with E-state index in [1.807, 2.05) is 6.92 Å². The maximum absolute atomic E-state index is 11.8. The van der Waals surface area contributed by atoms with Crippen LogP contribution in [0.15, 0.2) is 0 Å². The number of piperidine rings is 1. The fourth-order valence-corrected chi connectivity index (χ4v) is 1.98. The smallest absolute Gasteiger partial charge is 0.308 e. The molecule has 18 heavy (non-hydrogen) atoms. The second kappa shape index (κ2) is 6.37. The third-order valence-corrected chi connectivity index (χ3v) is 3.19. The molecule has 6 nitrogen and oxygen atoms in total. The molecule has 1 fully saturated rings. The van der Waals surface area contributed by atoms with E-state index in [2.05, 4.69) is 5.32 Å². The molecule has 0 aromatic carbocycles. The second-order valence-corrected chi connectivity index (χ2v) is 4.59. The van der Waals surface area contributed by atoms with Gasteiger partial charge in [0.25, 0.3) is 0 Å². The van der Waals surface area contributed by atoms with Gasteiger partial charge in [0.05, 0.1) is 5.92 Å². The van der Waals surface area contributed by atoms with Crippen LogP contribution < -0.4 is 5.32 Å². The number of likely N-dealkylation sites (tertiary alicyclic amines) is 1. The Kier molecular flexibility index (Phi) is 5.12. The fourth-order valence-electron chi connectivity index (χ4n) is 1.98. The van der Waals surface area contributed by atoms with Gasteiger partial charge in [-0.1, -0.05) is 6.92 Å². The van der Waals surface area contributed by atoms with Crippen molar-refractivity contribution < 1.29 is 19.5 Å². The predicted molar refractivity (Wildman–Crippen MR) is 64.8 cm³/mol. The standard InChI is InChI=1S/C12H20N2O4/c1-3-6-13-11(16)8(2)14-7-9(12(17)18)4-5-10(14)15/h8-9H,3-7H2,1-2H3,(H,13,16)(H,17,18). The summed E-state index contributed by atoms with van der Waals surface area (Å²) in [6, 6.07) is -0.605. The van der Waals surface area contributed by atoms with Gasteiger partial charge in [-0.15, -0.1) is 0 Å². The molecule has 2 atom stereocenters. The lowest BCUT2D eigenvalue weighted by Crippen LogP contribution is -2.52. The van der Waals surface area contributed by atoms with Crippen molar-refractivity contribution in [1.82, 2.24) is 10.2 Å². The Balaban J connectivity index is 2.64. The van der Waals surface area contributed by atoms with Crippen molar-refractivity contribution in [2.24, 2.45) is 5.92 Å². The number of carbonyl (C=O) groups excluding carboxylic acids is 2. The minimum Gasteiger partial charge on any atom is -0.481 e. The average Bonchev–Trinajstić information content (AvgIpc) is 2.35. The Hall–Kier alpha value is -1.59. The van der Waals surface area contributed by atoms with Crippen LogP contribution >= 0.6 is 0 Å². The molecule has 0 bridgehead atoms. The second-order valence-electron chi connectivity index (χ2n) is 4.59. The lowest BCUT2D eigenvalue weighted by Gasteiger charge is -2.34. The van der Waals surface area contributed by atoms with Gasteiger partial charge in [0.15, 0.2) is 0 Å². The van der Waals surface area contributed by atoms with Crippen LogP contribution in [0.1, 0.15) is 33.1 Å². The summed E-state index contributed by atoms with van der Waals surface area (Å²) in [4.78, 5) is 35.8. The Morgan fingerprint density at radius 1 is 1.56 bits per heavy atom. The molecule has 1 heterocycles. The fraction of sp³-hybridized carbons (Fsp3) is 0.750. The minimum atomic E-state index is -0.909. The molecule has 0 aliphatic carbocycles. The molecule has 1 rings (SSSR count). The third kappa shape index (κ3) is 3.45. The van der Waals surface area contributed by atoms with Crippen LogP contribution in [0, 0.1) is 5.92 Å². The monoisotopic (exact) mass is 256 g/mol. The Morgan fingerprint density at radius 2 is 2.22 bits per heavy atom. The first-order valence-corrected chi connectivity index (χ1v) is 6.27. The van der Waals surface area contributed by atoms with E-state index in [1.165, 1.54) is 4.90 Å². The molecule has 1 aliphatic rings. The van der Waals surface area contributed by atoms with E-state index < -0.39 is 17.9 Å². The number of carbonyl (C=O) groups is 3. The van der Waals surface area contributed by atoms with E-state index in [-0.39, 0.29) is 24.8 Å². The van der Waals surface area contributed by atoms with Gasteiger partial charge >= 0.3 is 5.97 Å². The minimum absolute atomic E-state index is 0.120. The Bertz CT molecular complexity index is 343. The van der Waals surface area contributed by atoms with Crippen LogP contribution in [-0.4, -0.2) is 46.9 Å². The van der Waals surface area contributed by atoms with Gasteiger partial charge in [-0.2, -0.15) is 0 Å². The van der Waals surface area contributed by atoms with Crippen molar-refractivity contribution in [2.45, 2.75) is 39.2 Å². The summed E-state index contributed by atoms with van der Waals surface area (Å²) < 4.78 is 0. The normalized spacial score (nSPS) is 21.6. The molecule has 0 aromatic rings. The van der Waals surface area contributed by atoms with Crippen LogP contribution in [0.4, 0.5) is 0 Å². The van der Waals surface area contributed by atoms with Gasteiger partial charge in [-0.3, -0.25) is 14.4 Å². The van der Waals surface area contributed by atoms with E-state index in [0.717, 1.165) is 6.42 Å². The highest BCUT2D eigenvalue weighted by atomic mass is 16.4. The Labute approximate surface area is 106 Å². The zero-order valence-corrected chi connectivity index (χ0v) is 10.8. The van der Waals surface area contributed by atoms with Crippen molar-refractivity contribution in [3.05, 3.63) is 0 Å². The summed E-state index contributed by atoms with van der Waals surface area (Å²) >= 11 is 0. The molecule has 0 aromatic heterocycles. The molecule has 2 amide bonds. The van der Waals surface area contributed by atoms with Crippen molar-refractivity contribution in [3.63, 3.8) is 0 Å². The number of nitrogens with one attached hydrogen (secondary N) is 1. The van der Waals surface area contributed by atoms with E-state index in [1.54, 1.807) is 6.92 Å². The molecule has 6 heteroatoms. The number of rotatable bonds is 5. The molecule has 2 N–H and O–H groups in total. The maximum Gasteiger partial charge on any atom is 0.308 e. The summed E-state index contributed by atoms with van der Waals surface area (Å²) in [5.74, 6) is -1.85. The van der Waals surface area contributed by atoms with Crippen molar-refractivity contribution in [1.29, 1.82) is 0 Å². The summed E-state index contributed by atoms with van der Waals surface area (Å²) in [5.41, 5.74) is 0. The van der Waals surface area contributed by atoms with Crippen molar-refractivity contribution in [3.8, 4) is 0 Å². The molecular formula is C12H20N2O4. The molecule has 1 saturated heterocycles. The van der Waals surface area contributed by atoms with Crippen molar-refractivity contribution >= 4 is 17.8 Å². The molecule has 0 radical (unpaired) electrons. The maximum atomic E-state index is 11.8. The summed E-state index contributed by atoms with van der Waals surface area (Å²) in [5, 5.41) is 11.7. The average molecular weight is 256 g/mol. The largest absolute Gasteiger partial charge is 0.481 e. The number of amides is 2. The lowest BCUT2D eigenvalue weighted by molar-refractivity contribution is -0.151. The van der Waals surface area contributed by atoms with Gasteiger partial charge in [-0.25, -0.2) is 0 Å². The van der Waals surface area contributed by atoms with Gasteiger partial charge in [0.1, 0.15) is 6.04 Å². The van der Waals surface area contributed by atoms with E-state index in [4.69, 9.17) is 5.11 Å². The number of nitrogens with zero attached hydrogens (tertiary/aromatic N) is 1. The number of hydrogen-bond donors (Lipinski definition) is 2. The highest BCUT2D eigenvalue weighted by molar-refractivity contribution is 5.88. The number of hydrogen-bond acceptors (Lipinski definition) is 3. The molecule has 102 valence electrons. The quantitative estimate of drug-likeness (QED) is 0.737. The van der Waals surface area contributed by atoms with Gasteiger partial charge < -0.3 is 15.3 Å². The molecule has 0 spiro atoms. The summed E-state index contributed by atoms with van der Waals surface area (Å²) in [6.07, 6.45) is 1.38. The van der Waals surface area contributed by atoms with Crippen LogP contribution in [-0.2, 0) is 14.4 Å². The van der Waals surface area contributed by atoms with E-state index >= 15 is 0 Å². The number of aliphatic carboxylic acids is 1. The zero-order valence-electron chi connectivity index (χ0n) is 10.8. The first-order chi connectivity index (χ1) is 8.47. The van der Waals surface area contributed by atoms with E-state index in [9.17, 15) is 14.4 Å². The van der Waals surface area contributed by atoms with Crippen LogP contribution in [0.25, 0.3) is 0 Å². The molecule has 2 unspecified atom stereocenters. The predicted octanol–water partition coefficient (Wildman–Crippen LogP) is 0.224. The van der Waals surface area contributed by atoms with E-state index in [0.29, 0.717) is 13.0 Å². The number of carboxylic acid groups (broad SMARTS) is 1. The SMILES string of the molecule is CCCNC(=O)C(C)N1CC(C(=O)O)CCC1=O. The van der Waals surface area contributed by atoms with Crippen LogP contribution in [0.2, 0.25) is 0 Å². The van der Waals surface area contributed by atoms with Crippen molar-refractivity contribution in [2.75, 3.05) is 13.1 Å². The molecular weight excluding hydrogens is 236 g/mol. The highest BCUT2D eigenvalue weighted by Gasteiger charge is 2.34. The third-order valence-electron chi connectivity index (χ3n) is 3.19. The molecule has 1 aliphatic heterocycles. The highest BCUT2D eigenvalue weighted by Crippen LogP contribution is 2.19. The molecule has 0 saturated carbocycles. The topological polar surface area (TPSA) is 86.7 Å². The van der Waals surface area contributed by atoms with Gasteiger partial charge in [0.2, 0.25) is 11.8 Å². The first kappa shape index (κ1) is 14.5.